The molecule has 1 rings (SSSR count). The van der Waals surface area contributed by atoms with Crippen molar-refractivity contribution >= 4 is 0 Å². The molecule has 0 aromatic carbocycles. The summed E-state index contributed by atoms with van der Waals surface area (Å²) in [6, 6.07) is 2.03. The molecule has 0 aliphatic carbocycles. The smallest absolute Gasteiger partial charge is 0.112 e. The van der Waals surface area contributed by atoms with Gasteiger partial charge < -0.3 is 0 Å². The zero-order chi connectivity index (χ0) is 10.6. The highest BCUT2D eigenvalue weighted by atomic mass is 14.9. The lowest BCUT2D eigenvalue weighted by molar-refractivity contribution is 0.645. The van der Waals surface area contributed by atoms with Crippen LogP contribution < -0.4 is 5.32 Å². The van der Waals surface area contributed by atoms with Crippen LogP contribution in [0.25, 0.3) is 0 Å². The highest BCUT2D eigenvalue weighted by molar-refractivity contribution is 5.29. The maximum atomic E-state index is 5.45. The van der Waals surface area contributed by atoms with Gasteiger partial charge in [0.15, 0.2) is 0 Å². The Bertz CT molecular complexity index is 350. The number of nitrogens with one attached hydrogen (secondary N) is 1. The summed E-state index contributed by atoms with van der Waals surface area (Å²) in [7, 11) is 0. The van der Waals surface area contributed by atoms with Gasteiger partial charge in [-0.1, -0.05) is 18.9 Å². The molecule has 74 valence electrons. The lowest BCUT2D eigenvalue weighted by Crippen LogP contribution is -2.21. The van der Waals surface area contributed by atoms with E-state index in [-0.39, 0.29) is 6.04 Å². The van der Waals surface area contributed by atoms with Gasteiger partial charge in [0, 0.05) is 6.20 Å². The summed E-state index contributed by atoms with van der Waals surface area (Å²) in [5.41, 5.74) is 3.27. The number of hydrogen-bond donors (Lipinski definition) is 1. The quantitative estimate of drug-likeness (QED) is 0.734. The van der Waals surface area contributed by atoms with E-state index >= 15 is 0 Å². The number of nitrogens with zero attached hydrogens (tertiary/aromatic N) is 1. The number of aryl methyl sites for hydroxylation is 2. The molecule has 0 aliphatic heterocycles. The maximum absolute atomic E-state index is 5.45. The van der Waals surface area contributed by atoms with Crippen LogP contribution in [-0.4, -0.2) is 11.5 Å². The Morgan fingerprint density at radius 1 is 1.57 bits per heavy atom. The van der Waals surface area contributed by atoms with Crippen LogP contribution in [0.2, 0.25) is 0 Å². The molecule has 1 unspecified atom stereocenters. The van der Waals surface area contributed by atoms with E-state index in [0.29, 0.717) is 0 Å². The lowest BCUT2D eigenvalue weighted by Gasteiger charge is -2.13. The van der Waals surface area contributed by atoms with Crippen molar-refractivity contribution in [2.45, 2.75) is 26.8 Å². The highest BCUT2D eigenvalue weighted by Crippen LogP contribution is 2.14. The van der Waals surface area contributed by atoms with Crippen LogP contribution in [0.3, 0.4) is 0 Å². The van der Waals surface area contributed by atoms with Crippen LogP contribution in [0.4, 0.5) is 0 Å². The molecule has 1 aromatic heterocycles. The van der Waals surface area contributed by atoms with Crippen LogP contribution >= 0.6 is 0 Å². The van der Waals surface area contributed by atoms with E-state index in [1.807, 2.05) is 27.0 Å². The van der Waals surface area contributed by atoms with E-state index in [4.69, 9.17) is 6.42 Å². The van der Waals surface area contributed by atoms with E-state index in [1.165, 1.54) is 5.56 Å². The summed E-state index contributed by atoms with van der Waals surface area (Å²) < 4.78 is 0. The number of rotatable bonds is 3. The Kier molecular flexibility index (Phi) is 3.67. The number of pyridine rings is 1. The third-order valence-corrected chi connectivity index (χ3v) is 2.10. The summed E-state index contributed by atoms with van der Waals surface area (Å²) in [6.07, 6.45) is 7.30. The van der Waals surface area contributed by atoms with Gasteiger partial charge in [-0.2, -0.15) is 0 Å². The zero-order valence-electron chi connectivity index (χ0n) is 8.96. The van der Waals surface area contributed by atoms with Gasteiger partial charge in [-0.05, 0) is 31.5 Å². The van der Waals surface area contributed by atoms with Gasteiger partial charge in [-0.25, -0.2) is 0 Å². The van der Waals surface area contributed by atoms with Gasteiger partial charge in [0.1, 0.15) is 6.04 Å². The molecule has 0 aliphatic rings. The van der Waals surface area contributed by atoms with Crippen LogP contribution in [0.15, 0.2) is 12.3 Å². The average molecular weight is 188 g/mol. The molecule has 1 aromatic rings. The van der Waals surface area contributed by atoms with Gasteiger partial charge in [-0.15, -0.1) is 6.42 Å². The zero-order valence-corrected chi connectivity index (χ0v) is 8.96. The normalized spacial score (nSPS) is 12.1. The third kappa shape index (κ3) is 2.34. The molecule has 1 atom stereocenters. The number of terminal acetylenes is 1. The summed E-state index contributed by atoms with van der Waals surface area (Å²) in [4.78, 5) is 4.36. The summed E-state index contributed by atoms with van der Waals surface area (Å²) in [5.74, 6) is 2.71. The Morgan fingerprint density at radius 2 is 2.29 bits per heavy atom. The molecule has 0 radical (unpaired) electrons. The van der Waals surface area contributed by atoms with Crippen LogP contribution in [0.1, 0.15) is 29.8 Å². The second-order valence-electron chi connectivity index (χ2n) is 3.37. The van der Waals surface area contributed by atoms with Crippen LogP contribution in [0.5, 0.6) is 0 Å². The summed E-state index contributed by atoms with van der Waals surface area (Å²) >= 11 is 0. The first-order valence-corrected chi connectivity index (χ1v) is 4.81. The minimum Gasteiger partial charge on any atom is -0.299 e. The molecular formula is C12H16N2. The Balaban J connectivity index is 3.00. The SMILES string of the molecule is C#CC(NCC)c1ncc(C)cc1C. The van der Waals surface area contributed by atoms with Crippen molar-refractivity contribution in [2.75, 3.05) is 6.54 Å². The first-order chi connectivity index (χ1) is 6.69. The Hall–Kier alpha value is -1.33. The van der Waals surface area contributed by atoms with Crippen LogP contribution in [0, 0.1) is 26.2 Å². The van der Waals surface area contributed by atoms with Crippen LogP contribution in [-0.2, 0) is 0 Å². The van der Waals surface area contributed by atoms with Crippen molar-refractivity contribution in [3.05, 3.63) is 29.1 Å². The van der Waals surface area contributed by atoms with Crippen molar-refractivity contribution in [3.8, 4) is 12.3 Å². The average Bonchev–Trinajstić information content (AvgIpc) is 2.15. The van der Waals surface area contributed by atoms with E-state index in [1.54, 1.807) is 0 Å². The predicted octanol–water partition coefficient (Wildman–Crippen LogP) is 1.98. The van der Waals surface area contributed by atoms with Gasteiger partial charge >= 0.3 is 0 Å². The molecule has 2 nitrogen and oxygen atoms in total. The number of aromatic nitrogens is 1. The van der Waals surface area contributed by atoms with Crippen molar-refractivity contribution in [1.82, 2.24) is 10.3 Å². The summed E-state index contributed by atoms with van der Waals surface area (Å²) in [6.45, 7) is 6.96. The molecule has 0 saturated heterocycles. The predicted molar refractivity (Wildman–Crippen MR) is 59.0 cm³/mol. The van der Waals surface area contributed by atoms with Gasteiger partial charge in [0.25, 0.3) is 0 Å². The highest BCUT2D eigenvalue weighted by Gasteiger charge is 2.10. The second-order valence-corrected chi connectivity index (χ2v) is 3.37. The van der Waals surface area contributed by atoms with E-state index in [0.717, 1.165) is 17.8 Å². The Labute approximate surface area is 85.8 Å². The van der Waals surface area contributed by atoms with Gasteiger partial charge in [0.2, 0.25) is 0 Å². The molecule has 0 spiro atoms. The molecule has 2 heteroatoms. The second kappa shape index (κ2) is 4.78. The number of hydrogen-bond acceptors (Lipinski definition) is 2. The van der Waals surface area contributed by atoms with Gasteiger partial charge in [0.05, 0.1) is 5.69 Å². The fourth-order valence-electron chi connectivity index (χ4n) is 1.47. The third-order valence-electron chi connectivity index (χ3n) is 2.10. The molecule has 0 saturated carbocycles. The lowest BCUT2D eigenvalue weighted by atomic mass is 10.1. The standard InChI is InChI=1S/C12H16N2/c1-5-11(13-6-2)12-10(4)7-9(3)8-14-12/h1,7-8,11,13H,6H2,2-4H3. The monoisotopic (exact) mass is 188 g/mol. The van der Waals surface area contributed by atoms with E-state index < -0.39 is 0 Å². The largest absolute Gasteiger partial charge is 0.299 e. The van der Waals surface area contributed by atoms with Crippen molar-refractivity contribution in [2.24, 2.45) is 0 Å². The first kappa shape index (κ1) is 10.7. The van der Waals surface area contributed by atoms with Gasteiger partial charge in [-0.3, -0.25) is 10.3 Å². The molecule has 0 fully saturated rings. The minimum atomic E-state index is -0.0689. The Morgan fingerprint density at radius 3 is 2.79 bits per heavy atom. The molecule has 0 bridgehead atoms. The summed E-state index contributed by atoms with van der Waals surface area (Å²) in [5, 5.41) is 3.21. The molecule has 14 heavy (non-hydrogen) atoms. The maximum Gasteiger partial charge on any atom is 0.112 e. The minimum absolute atomic E-state index is 0.0689. The van der Waals surface area contributed by atoms with Crippen molar-refractivity contribution < 1.29 is 0 Å². The molecule has 1 heterocycles. The first-order valence-electron chi connectivity index (χ1n) is 4.81. The molecule has 1 N–H and O–H groups in total. The van der Waals surface area contributed by atoms with Crippen molar-refractivity contribution in [1.29, 1.82) is 0 Å². The molecular weight excluding hydrogens is 172 g/mol. The fourth-order valence-corrected chi connectivity index (χ4v) is 1.47. The topological polar surface area (TPSA) is 24.9 Å². The van der Waals surface area contributed by atoms with Crippen molar-refractivity contribution in [3.63, 3.8) is 0 Å². The van der Waals surface area contributed by atoms with E-state index in [9.17, 15) is 0 Å². The van der Waals surface area contributed by atoms with E-state index in [2.05, 4.69) is 22.3 Å². The molecule has 0 amide bonds. The fraction of sp³-hybridized carbons (Fsp3) is 0.417.